The molecule has 3 amide bonds. The first kappa shape index (κ1) is 20.8. The Hall–Kier alpha value is -3.42. The predicted octanol–water partition coefficient (Wildman–Crippen LogP) is 1.86. The summed E-state index contributed by atoms with van der Waals surface area (Å²) in [5.74, 6) is 0.0454. The van der Waals surface area contributed by atoms with Gasteiger partial charge in [-0.25, -0.2) is 0 Å². The van der Waals surface area contributed by atoms with Crippen LogP contribution in [0.3, 0.4) is 0 Å². The van der Waals surface area contributed by atoms with Gasteiger partial charge in [0.2, 0.25) is 11.8 Å². The third kappa shape index (κ3) is 4.52. The summed E-state index contributed by atoms with van der Waals surface area (Å²) in [4.78, 5) is 45.4. The maximum atomic E-state index is 13.0. The number of hydrogen-bond acceptors (Lipinski definition) is 5. The van der Waals surface area contributed by atoms with Gasteiger partial charge in [-0.2, -0.15) is 0 Å². The van der Waals surface area contributed by atoms with E-state index in [0.717, 1.165) is 0 Å². The van der Waals surface area contributed by atoms with E-state index in [1.165, 1.54) is 0 Å². The SMILES string of the molecule is COc1ccccc1N1C[C@@H](C(=O)N2CCC(NC(=O)c3cccnc3)CC2)CC1=O. The second-order valence-electron chi connectivity index (χ2n) is 7.89. The molecule has 0 aliphatic carbocycles. The molecule has 2 aliphatic heterocycles. The zero-order chi connectivity index (χ0) is 21.8. The lowest BCUT2D eigenvalue weighted by molar-refractivity contribution is -0.136. The number of anilines is 1. The summed E-state index contributed by atoms with van der Waals surface area (Å²) in [6, 6.07) is 10.8. The highest BCUT2D eigenvalue weighted by molar-refractivity contribution is 6.01. The first-order chi connectivity index (χ1) is 15.1. The van der Waals surface area contributed by atoms with Gasteiger partial charge in [0.05, 0.1) is 24.3 Å². The van der Waals surface area contributed by atoms with Gasteiger partial charge in [-0.1, -0.05) is 12.1 Å². The van der Waals surface area contributed by atoms with Crippen LogP contribution in [0.2, 0.25) is 0 Å². The van der Waals surface area contributed by atoms with Gasteiger partial charge in [0.1, 0.15) is 5.75 Å². The van der Waals surface area contributed by atoms with E-state index in [2.05, 4.69) is 10.3 Å². The summed E-state index contributed by atoms with van der Waals surface area (Å²) >= 11 is 0. The molecule has 2 aliphatic rings. The molecule has 1 aromatic carbocycles. The minimum atomic E-state index is -0.362. The van der Waals surface area contributed by atoms with Crippen LogP contribution >= 0.6 is 0 Å². The van der Waals surface area contributed by atoms with Crippen LogP contribution in [0.5, 0.6) is 5.75 Å². The Kier molecular flexibility index (Phi) is 6.16. The van der Waals surface area contributed by atoms with E-state index in [-0.39, 0.29) is 36.1 Å². The van der Waals surface area contributed by atoms with E-state index in [1.54, 1.807) is 36.5 Å². The van der Waals surface area contributed by atoms with E-state index in [1.807, 2.05) is 29.2 Å². The Morgan fingerprint density at radius 1 is 1.13 bits per heavy atom. The number of carbonyl (C=O) groups is 3. The number of carbonyl (C=O) groups excluding carboxylic acids is 3. The number of ether oxygens (including phenoxy) is 1. The summed E-state index contributed by atoms with van der Waals surface area (Å²) in [5.41, 5.74) is 1.23. The van der Waals surface area contributed by atoms with E-state index >= 15 is 0 Å². The molecule has 3 heterocycles. The summed E-state index contributed by atoms with van der Waals surface area (Å²) < 4.78 is 5.37. The van der Waals surface area contributed by atoms with Crippen molar-refractivity contribution in [3.63, 3.8) is 0 Å². The van der Waals surface area contributed by atoms with Crippen LogP contribution in [-0.4, -0.2) is 60.4 Å². The van der Waals surface area contributed by atoms with Crippen LogP contribution in [0, 0.1) is 5.92 Å². The molecule has 1 atom stereocenters. The number of aromatic nitrogens is 1. The zero-order valence-corrected chi connectivity index (χ0v) is 17.5. The monoisotopic (exact) mass is 422 g/mol. The Labute approximate surface area is 181 Å². The molecule has 0 unspecified atom stereocenters. The molecule has 2 saturated heterocycles. The lowest BCUT2D eigenvalue weighted by Crippen LogP contribution is -2.48. The number of para-hydroxylation sites is 2. The second-order valence-corrected chi connectivity index (χ2v) is 7.89. The van der Waals surface area contributed by atoms with E-state index in [9.17, 15) is 14.4 Å². The van der Waals surface area contributed by atoms with Gasteiger partial charge in [-0.15, -0.1) is 0 Å². The van der Waals surface area contributed by atoms with Crippen LogP contribution in [0.4, 0.5) is 5.69 Å². The van der Waals surface area contributed by atoms with E-state index < -0.39 is 0 Å². The van der Waals surface area contributed by atoms with Gasteiger partial charge >= 0.3 is 0 Å². The molecule has 0 bridgehead atoms. The number of piperidine rings is 1. The number of benzene rings is 1. The number of pyridine rings is 1. The van der Waals surface area contributed by atoms with Crippen molar-refractivity contribution in [3.05, 3.63) is 54.4 Å². The maximum absolute atomic E-state index is 13.0. The quantitative estimate of drug-likeness (QED) is 0.794. The number of amides is 3. The lowest BCUT2D eigenvalue weighted by atomic mass is 10.0. The smallest absolute Gasteiger partial charge is 0.253 e. The van der Waals surface area contributed by atoms with Crippen molar-refractivity contribution >= 4 is 23.4 Å². The molecule has 31 heavy (non-hydrogen) atoms. The molecular weight excluding hydrogens is 396 g/mol. The van der Waals surface area contributed by atoms with Gasteiger partial charge in [-0.3, -0.25) is 19.4 Å². The molecule has 0 spiro atoms. The second kappa shape index (κ2) is 9.16. The maximum Gasteiger partial charge on any atom is 0.253 e. The highest BCUT2D eigenvalue weighted by atomic mass is 16.5. The van der Waals surface area contributed by atoms with Gasteiger partial charge in [0.15, 0.2) is 0 Å². The molecule has 1 aromatic heterocycles. The van der Waals surface area contributed by atoms with Crippen molar-refractivity contribution in [2.45, 2.75) is 25.3 Å². The van der Waals surface area contributed by atoms with Crippen molar-refractivity contribution in [1.29, 1.82) is 0 Å². The van der Waals surface area contributed by atoms with Crippen molar-refractivity contribution < 1.29 is 19.1 Å². The molecular formula is C23H26N4O4. The van der Waals surface area contributed by atoms with Gasteiger partial charge in [-0.05, 0) is 37.1 Å². The first-order valence-corrected chi connectivity index (χ1v) is 10.5. The largest absolute Gasteiger partial charge is 0.495 e. The number of hydrogen-bond donors (Lipinski definition) is 1. The third-order valence-electron chi connectivity index (χ3n) is 5.92. The van der Waals surface area contributed by atoms with Crippen molar-refractivity contribution in [3.8, 4) is 5.75 Å². The minimum Gasteiger partial charge on any atom is -0.495 e. The first-order valence-electron chi connectivity index (χ1n) is 10.5. The van der Waals surface area contributed by atoms with Crippen molar-refractivity contribution in [2.24, 2.45) is 5.92 Å². The Balaban J connectivity index is 1.32. The average molecular weight is 422 g/mol. The fourth-order valence-electron chi connectivity index (χ4n) is 4.23. The third-order valence-corrected chi connectivity index (χ3v) is 5.92. The van der Waals surface area contributed by atoms with Crippen LogP contribution in [0.1, 0.15) is 29.6 Å². The topological polar surface area (TPSA) is 91.8 Å². The molecule has 8 heteroatoms. The number of nitrogens with zero attached hydrogens (tertiary/aromatic N) is 3. The predicted molar refractivity (Wildman–Crippen MR) is 115 cm³/mol. The lowest BCUT2D eigenvalue weighted by Gasteiger charge is -2.33. The van der Waals surface area contributed by atoms with Crippen LogP contribution < -0.4 is 15.0 Å². The van der Waals surface area contributed by atoms with Gasteiger partial charge in [0, 0.05) is 44.5 Å². The molecule has 2 aromatic rings. The fourth-order valence-corrected chi connectivity index (χ4v) is 4.23. The zero-order valence-electron chi connectivity index (χ0n) is 17.5. The summed E-state index contributed by atoms with van der Waals surface area (Å²) in [5, 5.41) is 3.02. The molecule has 162 valence electrons. The molecule has 8 nitrogen and oxygen atoms in total. The number of methoxy groups -OCH3 is 1. The normalized spacial score (nSPS) is 19.4. The summed E-state index contributed by atoms with van der Waals surface area (Å²) in [6.07, 6.45) is 4.75. The molecule has 2 fully saturated rings. The Morgan fingerprint density at radius 3 is 2.61 bits per heavy atom. The highest BCUT2D eigenvalue weighted by Gasteiger charge is 2.39. The highest BCUT2D eigenvalue weighted by Crippen LogP contribution is 2.33. The molecule has 0 radical (unpaired) electrons. The Bertz CT molecular complexity index is 957. The number of nitrogens with one attached hydrogen (secondary N) is 1. The molecule has 1 N–H and O–H groups in total. The van der Waals surface area contributed by atoms with Crippen LogP contribution in [0.25, 0.3) is 0 Å². The summed E-state index contributed by atoms with van der Waals surface area (Å²) in [6.45, 7) is 1.49. The van der Waals surface area contributed by atoms with Gasteiger partial charge < -0.3 is 19.9 Å². The standard InChI is InChI=1S/C23H26N4O4/c1-31-20-7-3-2-6-19(20)27-15-17(13-21(27)28)23(30)26-11-8-18(9-12-26)25-22(29)16-5-4-10-24-14-16/h2-7,10,14,17-18H,8-9,11-13,15H2,1H3,(H,25,29)/t17-/m0/s1. The molecule has 0 saturated carbocycles. The van der Waals surface area contributed by atoms with Crippen molar-refractivity contribution in [1.82, 2.24) is 15.2 Å². The summed E-state index contributed by atoms with van der Waals surface area (Å²) in [7, 11) is 1.57. The van der Waals surface area contributed by atoms with Crippen LogP contribution in [0.15, 0.2) is 48.8 Å². The average Bonchev–Trinajstić information content (AvgIpc) is 3.21. The van der Waals surface area contributed by atoms with Gasteiger partial charge in [0.25, 0.3) is 5.91 Å². The van der Waals surface area contributed by atoms with Crippen LogP contribution in [-0.2, 0) is 9.59 Å². The number of likely N-dealkylation sites (tertiary alicyclic amines) is 1. The minimum absolute atomic E-state index is 0.00258. The number of rotatable bonds is 5. The van der Waals surface area contributed by atoms with E-state index in [4.69, 9.17) is 4.74 Å². The van der Waals surface area contributed by atoms with E-state index in [0.29, 0.717) is 49.5 Å². The van der Waals surface area contributed by atoms with Crippen molar-refractivity contribution in [2.75, 3.05) is 31.6 Å². The molecule has 4 rings (SSSR count). The Morgan fingerprint density at radius 2 is 1.90 bits per heavy atom. The fraction of sp³-hybridized carbons (Fsp3) is 0.391.